The van der Waals surface area contributed by atoms with Crippen LogP contribution in [0.2, 0.25) is 0 Å². The first-order valence-electron chi connectivity index (χ1n) is 5.75. The first kappa shape index (κ1) is 14.1. The molecule has 0 nitrogen and oxygen atoms in total. The van der Waals surface area contributed by atoms with Crippen molar-refractivity contribution in [2.24, 2.45) is 0 Å². The van der Waals surface area contributed by atoms with Gasteiger partial charge in [0.05, 0.1) is 0 Å². The second-order valence-electron chi connectivity index (χ2n) is 4.24. The summed E-state index contributed by atoms with van der Waals surface area (Å²) in [7, 11) is 0. The van der Waals surface area contributed by atoms with Crippen molar-refractivity contribution < 1.29 is 0 Å². The zero-order chi connectivity index (χ0) is 13.0. The van der Waals surface area contributed by atoms with Crippen molar-refractivity contribution in [3.05, 3.63) is 68.6 Å². The molecule has 0 aromatic heterocycles. The van der Waals surface area contributed by atoms with E-state index < -0.39 is 0 Å². The Morgan fingerprint density at radius 3 is 2.28 bits per heavy atom. The van der Waals surface area contributed by atoms with E-state index in [0.717, 1.165) is 15.4 Å². The number of alkyl halides is 1. The van der Waals surface area contributed by atoms with Crippen LogP contribution in [0.4, 0.5) is 0 Å². The summed E-state index contributed by atoms with van der Waals surface area (Å²) in [6, 6.07) is 16.8. The zero-order valence-electron chi connectivity index (χ0n) is 9.74. The lowest BCUT2D eigenvalue weighted by molar-refractivity contribution is 0.765. The van der Waals surface area contributed by atoms with Gasteiger partial charge in [0.2, 0.25) is 0 Å². The standard InChI is InChI=1S/C15H13Br2Cl/c16-14-6-4-11(5-7-14)8-13(10-18)12-2-1-3-15(17)9-12/h1-7,9,13H,8,10H2. The minimum Gasteiger partial charge on any atom is -0.126 e. The van der Waals surface area contributed by atoms with Crippen molar-refractivity contribution in [1.29, 1.82) is 0 Å². The summed E-state index contributed by atoms with van der Waals surface area (Å²) in [6.45, 7) is 0. The van der Waals surface area contributed by atoms with E-state index in [2.05, 4.69) is 74.3 Å². The van der Waals surface area contributed by atoms with Crippen molar-refractivity contribution >= 4 is 43.5 Å². The Morgan fingerprint density at radius 2 is 1.67 bits per heavy atom. The number of halogens is 3. The first-order chi connectivity index (χ1) is 8.69. The third-order valence-electron chi connectivity index (χ3n) is 2.90. The molecule has 0 bridgehead atoms. The van der Waals surface area contributed by atoms with Crippen LogP contribution in [0.5, 0.6) is 0 Å². The van der Waals surface area contributed by atoms with Gasteiger partial charge in [0.1, 0.15) is 0 Å². The molecule has 0 saturated carbocycles. The molecule has 0 N–H and O–H groups in total. The first-order valence-corrected chi connectivity index (χ1v) is 7.87. The molecule has 0 heterocycles. The fourth-order valence-corrected chi connectivity index (χ4v) is 2.90. The molecule has 1 atom stereocenters. The average molecular weight is 389 g/mol. The van der Waals surface area contributed by atoms with E-state index in [4.69, 9.17) is 11.6 Å². The second kappa shape index (κ2) is 6.74. The van der Waals surface area contributed by atoms with Crippen molar-refractivity contribution in [2.45, 2.75) is 12.3 Å². The Labute approximate surface area is 130 Å². The molecule has 2 rings (SSSR count). The molecule has 2 aromatic carbocycles. The molecule has 0 radical (unpaired) electrons. The van der Waals surface area contributed by atoms with Crippen molar-refractivity contribution in [2.75, 3.05) is 5.88 Å². The van der Waals surface area contributed by atoms with Gasteiger partial charge < -0.3 is 0 Å². The van der Waals surface area contributed by atoms with E-state index in [0.29, 0.717) is 11.8 Å². The van der Waals surface area contributed by atoms with Gasteiger partial charge in [0, 0.05) is 20.7 Å². The van der Waals surface area contributed by atoms with Crippen molar-refractivity contribution in [3.8, 4) is 0 Å². The van der Waals surface area contributed by atoms with Gasteiger partial charge in [0.15, 0.2) is 0 Å². The van der Waals surface area contributed by atoms with Crippen LogP contribution in [0.3, 0.4) is 0 Å². The normalized spacial score (nSPS) is 12.4. The number of hydrogen-bond donors (Lipinski definition) is 0. The zero-order valence-corrected chi connectivity index (χ0v) is 13.7. The molecular formula is C15H13Br2Cl. The highest BCUT2D eigenvalue weighted by atomic mass is 79.9. The fourth-order valence-electron chi connectivity index (χ4n) is 1.93. The predicted molar refractivity (Wildman–Crippen MR) is 85.4 cm³/mol. The molecule has 2 aromatic rings. The Balaban J connectivity index is 2.17. The molecule has 0 spiro atoms. The summed E-state index contributed by atoms with van der Waals surface area (Å²) >= 11 is 13.1. The van der Waals surface area contributed by atoms with Gasteiger partial charge >= 0.3 is 0 Å². The smallest absolute Gasteiger partial charge is 0.0295 e. The van der Waals surface area contributed by atoms with Crippen LogP contribution in [-0.2, 0) is 6.42 Å². The van der Waals surface area contributed by atoms with E-state index in [1.165, 1.54) is 11.1 Å². The Morgan fingerprint density at radius 1 is 0.944 bits per heavy atom. The average Bonchev–Trinajstić information content (AvgIpc) is 2.38. The summed E-state index contributed by atoms with van der Waals surface area (Å²) in [5, 5.41) is 0. The van der Waals surface area contributed by atoms with Crippen LogP contribution in [-0.4, -0.2) is 5.88 Å². The fraction of sp³-hybridized carbons (Fsp3) is 0.200. The lowest BCUT2D eigenvalue weighted by Crippen LogP contribution is -2.04. The van der Waals surface area contributed by atoms with E-state index in [9.17, 15) is 0 Å². The van der Waals surface area contributed by atoms with Crippen LogP contribution >= 0.6 is 43.5 Å². The van der Waals surface area contributed by atoms with Gasteiger partial charge in [-0.2, -0.15) is 0 Å². The van der Waals surface area contributed by atoms with E-state index in [1.54, 1.807) is 0 Å². The molecule has 1 unspecified atom stereocenters. The highest BCUT2D eigenvalue weighted by Crippen LogP contribution is 2.25. The monoisotopic (exact) mass is 386 g/mol. The van der Waals surface area contributed by atoms with E-state index in [1.807, 2.05) is 6.07 Å². The minimum atomic E-state index is 0.352. The maximum atomic E-state index is 6.11. The predicted octanol–water partition coefficient (Wildman–Crippen LogP) is 5.78. The highest BCUT2D eigenvalue weighted by Gasteiger charge is 2.11. The Hall–Kier alpha value is -0.310. The van der Waals surface area contributed by atoms with Crippen LogP contribution in [0.15, 0.2) is 57.5 Å². The number of hydrogen-bond acceptors (Lipinski definition) is 0. The third-order valence-corrected chi connectivity index (χ3v) is 4.30. The molecule has 0 amide bonds. The van der Waals surface area contributed by atoms with Gasteiger partial charge in [-0.3, -0.25) is 0 Å². The molecule has 0 saturated heterocycles. The molecule has 0 fully saturated rings. The summed E-state index contributed by atoms with van der Waals surface area (Å²) < 4.78 is 2.21. The lowest BCUT2D eigenvalue weighted by atomic mass is 9.94. The summed E-state index contributed by atoms with van der Waals surface area (Å²) in [5.74, 6) is 0.984. The summed E-state index contributed by atoms with van der Waals surface area (Å²) in [4.78, 5) is 0. The van der Waals surface area contributed by atoms with Crippen LogP contribution < -0.4 is 0 Å². The van der Waals surface area contributed by atoms with Gasteiger partial charge in [-0.15, -0.1) is 11.6 Å². The summed E-state index contributed by atoms with van der Waals surface area (Å²) in [5.41, 5.74) is 2.59. The van der Waals surface area contributed by atoms with Crippen LogP contribution in [0.25, 0.3) is 0 Å². The van der Waals surface area contributed by atoms with Crippen molar-refractivity contribution in [1.82, 2.24) is 0 Å². The van der Waals surface area contributed by atoms with Gasteiger partial charge in [-0.05, 0) is 41.8 Å². The highest BCUT2D eigenvalue weighted by molar-refractivity contribution is 9.10. The third kappa shape index (κ3) is 3.84. The minimum absolute atomic E-state index is 0.352. The molecule has 0 aliphatic rings. The summed E-state index contributed by atoms with van der Waals surface area (Å²) in [6.07, 6.45) is 0.966. The van der Waals surface area contributed by atoms with Crippen molar-refractivity contribution in [3.63, 3.8) is 0 Å². The molecule has 3 heteroatoms. The van der Waals surface area contributed by atoms with Gasteiger partial charge in [-0.1, -0.05) is 56.1 Å². The van der Waals surface area contributed by atoms with Crippen LogP contribution in [0, 0.1) is 0 Å². The second-order valence-corrected chi connectivity index (χ2v) is 6.38. The SMILES string of the molecule is ClCC(Cc1ccc(Br)cc1)c1cccc(Br)c1. The largest absolute Gasteiger partial charge is 0.126 e. The quantitative estimate of drug-likeness (QED) is 0.583. The van der Waals surface area contributed by atoms with Gasteiger partial charge in [-0.25, -0.2) is 0 Å². The lowest BCUT2D eigenvalue weighted by Gasteiger charge is -2.15. The van der Waals surface area contributed by atoms with Gasteiger partial charge in [0.25, 0.3) is 0 Å². The van der Waals surface area contributed by atoms with E-state index in [-0.39, 0.29) is 0 Å². The maximum absolute atomic E-state index is 6.11. The Kier molecular flexibility index (Phi) is 5.28. The number of rotatable bonds is 4. The number of benzene rings is 2. The van der Waals surface area contributed by atoms with Crippen LogP contribution in [0.1, 0.15) is 17.0 Å². The topological polar surface area (TPSA) is 0 Å². The molecular weight excluding hydrogens is 375 g/mol. The Bertz CT molecular complexity index is 508. The molecule has 94 valence electrons. The molecule has 18 heavy (non-hydrogen) atoms. The van der Waals surface area contributed by atoms with E-state index >= 15 is 0 Å². The molecule has 0 aliphatic carbocycles. The molecule has 0 aliphatic heterocycles. The maximum Gasteiger partial charge on any atom is 0.0295 e.